The molecule has 1 saturated heterocycles. The zero-order valence-corrected chi connectivity index (χ0v) is 14.8. The van der Waals surface area contributed by atoms with Crippen molar-refractivity contribution in [1.82, 2.24) is 29.4 Å². The predicted molar refractivity (Wildman–Crippen MR) is 83.2 cm³/mol. The Balaban J connectivity index is 1.59. The smallest absolute Gasteiger partial charge is 0.415 e. The molecule has 0 bridgehead atoms. The predicted octanol–water partition coefficient (Wildman–Crippen LogP) is 0.891. The number of rotatable bonds is 3. The number of fused-ring (bicyclic) bond motifs is 1. The van der Waals surface area contributed by atoms with E-state index < -0.39 is 67.6 Å². The van der Waals surface area contributed by atoms with Crippen molar-refractivity contribution in [2.45, 2.75) is 50.4 Å². The molecule has 0 aromatic carbocycles. The summed E-state index contributed by atoms with van der Waals surface area (Å²) in [7, 11) is 0. The van der Waals surface area contributed by atoms with Gasteiger partial charge < -0.3 is 9.32 Å². The number of hydrogen-bond donors (Lipinski definition) is 0. The quantitative estimate of drug-likeness (QED) is 0.682. The Kier molecular flexibility index (Phi) is 4.65. The van der Waals surface area contributed by atoms with E-state index in [0.717, 1.165) is 14.1 Å². The largest absolute Gasteiger partial charge is 0.470 e. The summed E-state index contributed by atoms with van der Waals surface area (Å²) in [5.41, 5.74) is -0.752. The molecule has 1 fully saturated rings. The third-order valence-corrected chi connectivity index (χ3v) is 4.90. The van der Waals surface area contributed by atoms with E-state index in [0.29, 0.717) is 12.8 Å². The van der Waals surface area contributed by atoms with Gasteiger partial charge in [-0.15, -0.1) is 10.2 Å². The van der Waals surface area contributed by atoms with Crippen LogP contribution in [-0.4, -0.2) is 60.8 Å². The van der Waals surface area contributed by atoms with Gasteiger partial charge in [-0.1, -0.05) is 0 Å². The van der Waals surface area contributed by atoms with Crippen molar-refractivity contribution < 1.29 is 31.2 Å². The van der Waals surface area contributed by atoms with Gasteiger partial charge in [-0.25, -0.2) is 18.3 Å². The van der Waals surface area contributed by atoms with Gasteiger partial charge in [0.05, 0.1) is 13.1 Å². The number of halogens is 5. The lowest BCUT2D eigenvalue weighted by molar-refractivity contribution is -0.157. The number of aryl methyl sites for hydroxylation is 1. The number of nitrogens with zero attached hydrogens (tertiary/aromatic N) is 6. The minimum Gasteiger partial charge on any atom is -0.415 e. The summed E-state index contributed by atoms with van der Waals surface area (Å²) < 4.78 is 71.0. The van der Waals surface area contributed by atoms with E-state index in [1.54, 1.807) is 0 Å². The molecule has 158 valence electrons. The number of amides is 1. The molecule has 4 rings (SSSR count). The van der Waals surface area contributed by atoms with Crippen molar-refractivity contribution in [1.29, 1.82) is 0 Å². The van der Waals surface area contributed by atoms with Crippen LogP contribution in [0.2, 0.25) is 0 Å². The topological polar surface area (TPSA) is 99.0 Å². The van der Waals surface area contributed by atoms with Crippen LogP contribution in [0.25, 0.3) is 0 Å². The molecular formula is C15H15F5N6O3. The zero-order chi connectivity index (χ0) is 20.9. The molecule has 2 aromatic heterocycles. The Morgan fingerprint density at radius 3 is 2.48 bits per heavy atom. The van der Waals surface area contributed by atoms with E-state index >= 15 is 0 Å². The molecule has 0 spiro atoms. The van der Waals surface area contributed by atoms with E-state index in [2.05, 4.69) is 19.7 Å². The van der Waals surface area contributed by atoms with E-state index in [-0.39, 0.29) is 12.2 Å². The molecular weight excluding hydrogens is 407 g/mol. The number of carbonyl (C=O) groups excluding carboxylic acids is 1. The van der Waals surface area contributed by atoms with Gasteiger partial charge in [0.2, 0.25) is 11.8 Å². The van der Waals surface area contributed by atoms with E-state index in [4.69, 9.17) is 0 Å². The number of aromatic nitrogens is 5. The van der Waals surface area contributed by atoms with Crippen molar-refractivity contribution >= 4 is 5.91 Å². The van der Waals surface area contributed by atoms with E-state index in [9.17, 15) is 31.5 Å². The van der Waals surface area contributed by atoms with Gasteiger partial charge in [0.15, 0.2) is 12.3 Å². The Labute approximate surface area is 159 Å². The SMILES string of the molecule is O=C([C@@H]1CCCc2nn(Cc3nnc(C(F)(F)F)o3)c(=O)n21)N1C[C@@H](F)[C@@H](F)C1. The van der Waals surface area contributed by atoms with E-state index in [1.807, 2.05) is 0 Å². The minimum absolute atomic E-state index is 0.253. The number of hydrogen-bond acceptors (Lipinski definition) is 6. The lowest BCUT2D eigenvalue weighted by Gasteiger charge is -2.26. The summed E-state index contributed by atoms with van der Waals surface area (Å²) in [5.74, 6) is -2.36. The maximum absolute atomic E-state index is 13.4. The van der Waals surface area contributed by atoms with Crippen molar-refractivity contribution in [3.63, 3.8) is 0 Å². The molecule has 2 aliphatic heterocycles. The molecule has 3 atom stereocenters. The second kappa shape index (κ2) is 6.91. The molecule has 9 nitrogen and oxygen atoms in total. The Morgan fingerprint density at radius 2 is 1.86 bits per heavy atom. The summed E-state index contributed by atoms with van der Waals surface area (Å²) in [5, 5.41) is 10.2. The van der Waals surface area contributed by atoms with Crippen LogP contribution in [0.4, 0.5) is 22.0 Å². The summed E-state index contributed by atoms with van der Waals surface area (Å²) in [4.78, 5) is 26.5. The maximum Gasteiger partial charge on any atom is 0.470 e. The van der Waals surface area contributed by atoms with Gasteiger partial charge in [-0.05, 0) is 12.8 Å². The highest BCUT2D eigenvalue weighted by Crippen LogP contribution is 2.29. The molecule has 0 unspecified atom stereocenters. The molecule has 29 heavy (non-hydrogen) atoms. The first-order chi connectivity index (χ1) is 13.6. The fraction of sp³-hybridized carbons (Fsp3) is 0.667. The molecule has 2 aromatic rings. The summed E-state index contributed by atoms with van der Waals surface area (Å²) >= 11 is 0. The van der Waals surface area contributed by atoms with Crippen LogP contribution in [0.1, 0.15) is 36.5 Å². The second-order valence-corrected chi connectivity index (χ2v) is 6.91. The number of carbonyl (C=O) groups is 1. The van der Waals surface area contributed by atoms with Gasteiger partial charge in [0.25, 0.3) is 0 Å². The van der Waals surface area contributed by atoms with Crippen molar-refractivity contribution in [2.24, 2.45) is 0 Å². The zero-order valence-electron chi connectivity index (χ0n) is 14.8. The molecule has 4 heterocycles. The highest BCUT2D eigenvalue weighted by Gasteiger charge is 2.41. The fourth-order valence-electron chi connectivity index (χ4n) is 3.54. The first kappa shape index (κ1) is 19.5. The molecule has 0 radical (unpaired) electrons. The average molecular weight is 422 g/mol. The lowest BCUT2D eigenvalue weighted by atomic mass is 10.0. The van der Waals surface area contributed by atoms with E-state index in [1.165, 1.54) is 0 Å². The van der Waals surface area contributed by atoms with Crippen molar-refractivity contribution in [2.75, 3.05) is 13.1 Å². The first-order valence-corrected chi connectivity index (χ1v) is 8.80. The summed E-state index contributed by atoms with van der Waals surface area (Å²) in [6, 6.07) is -0.981. The number of alkyl halides is 5. The molecule has 0 saturated carbocycles. The molecule has 2 aliphatic rings. The molecule has 14 heteroatoms. The highest BCUT2D eigenvalue weighted by molar-refractivity contribution is 5.81. The first-order valence-electron chi connectivity index (χ1n) is 8.80. The van der Waals surface area contributed by atoms with Crippen LogP contribution < -0.4 is 5.69 Å². The highest BCUT2D eigenvalue weighted by atomic mass is 19.4. The monoisotopic (exact) mass is 422 g/mol. The van der Waals surface area contributed by atoms with Crippen LogP contribution in [-0.2, 0) is 23.9 Å². The van der Waals surface area contributed by atoms with Crippen molar-refractivity contribution in [3.05, 3.63) is 28.1 Å². The van der Waals surface area contributed by atoms with Gasteiger partial charge >= 0.3 is 17.8 Å². The number of likely N-dealkylation sites (tertiary alicyclic amines) is 1. The minimum atomic E-state index is -4.82. The van der Waals surface area contributed by atoms with Crippen LogP contribution >= 0.6 is 0 Å². The van der Waals surface area contributed by atoms with Gasteiger partial charge in [0, 0.05) is 6.42 Å². The second-order valence-electron chi connectivity index (χ2n) is 6.91. The third-order valence-electron chi connectivity index (χ3n) is 4.90. The lowest BCUT2D eigenvalue weighted by Crippen LogP contribution is -2.42. The molecule has 0 N–H and O–H groups in total. The maximum atomic E-state index is 13.4. The van der Waals surface area contributed by atoms with Crippen molar-refractivity contribution in [3.8, 4) is 0 Å². The summed E-state index contributed by atoms with van der Waals surface area (Å²) in [6.07, 6.45) is -7.22. The Bertz CT molecular complexity index is 972. The Morgan fingerprint density at radius 1 is 1.17 bits per heavy atom. The normalized spacial score (nSPS) is 24.7. The molecule has 0 aliphatic carbocycles. The van der Waals surface area contributed by atoms with Crippen LogP contribution in [0.3, 0.4) is 0 Å². The Hall–Kier alpha value is -2.80. The van der Waals surface area contributed by atoms with Crippen LogP contribution in [0.5, 0.6) is 0 Å². The average Bonchev–Trinajstić information content (AvgIpc) is 3.34. The van der Waals surface area contributed by atoms with Crippen LogP contribution in [0.15, 0.2) is 9.21 Å². The van der Waals surface area contributed by atoms with Crippen LogP contribution in [0, 0.1) is 0 Å². The molecule has 1 amide bonds. The van der Waals surface area contributed by atoms with Gasteiger partial charge in [-0.2, -0.15) is 18.3 Å². The summed E-state index contributed by atoms with van der Waals surface area (Å²) in [6.45, 7) is -1.29. The van der Waals surface area contributed by atoms with Gasteiger partial charge in [-0.3, -0.25) is 9.36 Å². The standard InChI is InChI=1S/C15H15F5N6O3/c16-7-4-24(5-8(7)17)12(27)9-2-1-3-10-23-25(14(28)26(9)10)6-11-21-22-13(29-11)15(18,19)20/h7-9H,1-6H2/t7-,8+,9-/m0/s1. The fourth-order valence-corrected chi connectivity index (χ4v) is 3.54. The van der Waals surface area contributed by atoms with Gasteiger partial charge in [0.1, 0.15) is 18.4 Å². The third kappa shape index (κ3) is 3.51.